The molecular formula is C15H18ClN3. The highest BCUT2D eigenvalue weighted by Gasteiger charge is 2.21. The maximum Gasteiger partial charge on any atom is 0.136 e. The summed E-state index contributed by atoms with van der Waals surface area (Å²) in [6, 6.07) is 1.97. The fourth-order valence-corrected chi connectivity index (χ4v) is 1.97. The van der Waals surface area contributed by atoms with Gasteiger partial charge >= 0.3 is 0 Å². The van der Waals surface area contributed by atoms with Crippen LogP contribution >= 0.6 is 11.6 Å². The summed E-state index contributed by atoms with van der Waals surface area (Å²) in [5.74, 6) is 0.751. The third kappa shape index (κ3) is 2.76. The van der Waals surface area contributed by atoms with Crippen LogP contribution in [-0.2, 0) is 5.41 Å². The molecule has 0 fully saturated rings. The average Bonchev–Trinajstić information content (AvgIpc) is 2.32. The second kappa shape index (κ2) is 4.89. The van der Waals surface area contributed by atoms with Gasteiger partial charge in [0.1, 0.15) is 11.0 Å². The van der Waals surface area contributed by atoms with Gasteiger partial charge in [0.05, 0.1) is 5.69 Å². The lowest BCUT2D eigenvalue weighted by atomic mass is 9.95. The number of halogens is 1. The minimum absolute atomic E-state index is 0.137. The number of rotatable bonds is 1. The molecule has 100 valence electrons. The summed E-state index contributed by atoms with van der Waals surface area (Å²) in [6.07, 6.45) is 3.61. The fourth-order valence-electron chi connectivity index (χ4n) is 1.80. The van der Waals surface area contributed by atoms with Crippen molar-refractivity contribution in [2.45, 2.75) is 40.0 Å². The first-order valence-corrected chi connectivity index (χ1v) is 6.64. The van der Waals surface area contributed by atoms with Crippen LogP contribution in [-0.4, -0.2) is 15.0 Å². The number of hydrogen-bond donors (Lipinski definition) is 0. The third-order valence-electron chi connectivity index (χ3n) is 3.05. The van der Waals surface area contributed by atoms with Crippen LogP contribution in [0.25, 0.3) is 11.3 Å². The molecule has 3 nitrogen and oxygen atoms in total. The zero-order valence-electron chi connectivity index (χ0n) is 12.0. The summed E-state index contributed by atoms with van der Waals surface area (Å²) in [5.41, 5.74) is 3.77. The molecule has 0 amide bonds. The molecule has 0 saturated carbocycles. The Morgan fingerprint density at radius 3 is 2.37 bits per heavy atom. The van der Waals surface area contributed by atoms with Crippen LogP contribution in [0, 0.1) is 13.8 Å². The monoisotopic (exact) mass is 275 g/mol. The predicted octanol–water partition coefficient (Wildman–Crippen LogP) is 4.11. The molecule has 2 rings (SSSR count). The largest absolute Gasteiger partial charge is 0.264 e. The molecule has 0 aromatic carbocycles. The van der Waals surface area contributed by atoms with Crippen molar-refractivity contribution in [3.8, 4) is 11.3 Å². The molecule has 0 radical (unpaired) electrons. The van der Waals surface area contributed by atoms with E-state index >= 15 is 0 Å². The van der Waals surface area contributed by atoms with Crippen molar-refractivity contribution in [1.29, 1.82) is 0 Å². The summed E-state index contributed by atoms with van der Waals surface area (Å²) >= 11 is 6.26. The first-order chi connectivity index (χ1) is 8.80. The standard InChI is InChI=1S/C15H18ClN3/c1-9-6-7-17-8-11(9)12-10(2)13(16)19-14(18-12)15(3,4)5/h6-8H,1-5H3. The van der Waals surface area contributed by atoms with Crippen molar-refractivity contribution >= 4 is 11.6 Å². The van der Waals surface area contributed by atoms with E-state index in [4.69, 9.17) is 16.6 Å². The molecule has 2 aromatic rings. The van der Waals surface area contributed by atoms with Crippen molar-refractivity contribution < 1.29 is 0 Å². The lowest BCUT2D eigenvalue weighted by molar-refractivity contribution is 0.545. The van der Waals surface area contributed by atoms with E-state index in [1.807, 2.05) is 26.1 Å². The molecular weight excluding hydrogens is 258 g/mol. The van der Waals surface area contributed by atoms with E-state index in [9.17, 15) is 0 Å². The van der Waals surface area contributed by atoms with Gasteiger partial charge in [-0.05, 0) is 25.5 Å². The highest BCUT2D eigenvalue weighted by molar-refractivity contribution is 6.30. The van der Waals surface area contributed by atoms with Gasteiger partial charge < -0.3 is 0 Å². The SMILES string of the molecule is Cc1ccncc1-c1nc(C(C)(C)C)nc(Cl)c1C. The lowest BCUT2D eigenvalue weighted by Gasteiger charge is -2.19. The molecule has 0 saturated heterocycles. The number of aromatic nitrogens is 3. The smallest absolute Gasteiger partial charge is 0.136 e. The Kier molecular flexibility index (Phi) is 3.59. The molecule has 2 heterocycles. The highest BCUT2D eigenvalue weighted by Crippen LogP contribution is 2.30. The first kappa shape index (κ1) is 13.9. The van der Waals surface area contributed by atoms with Gasteiger partial charge in [0.15, 0.2) is 0 Å². The van der Waals surface area contributed by atoms with Crippen molar-refractivity contribution in [2.24, 2.45) is 0 Å². The second-order valence-corrected chi connectivity index (χ2v) is 6.11. The molecule has 0 N–H and O–H groups in total. The van der Waals surface area contributed by atoms with E-state index in [1.165, 1.54) is 0 Å². The van der Waals surface area contributed by atoms with Crippen LogP contribution < -0.4 is 0 Å². The molecule has 0 aliphatic carbocycles. The van der Waals surface area contributed by atoms with Crippen LogP contribution in [0.2, 0.25) is 5.15 Å². The van der Waals surface area contributed by atoms with Gasteiger partial charge in [-0.15, -0.1) is 0 Å². The van der Waals surface area contributed by atoms with Gasteiger partial charge in [-0.25, -0.2) is 9.97 Å². The Labute approximate surface area is 119 Å². The van der Waals surface area contributed by atoms with Gasteiger partial charge in [-0.1, -0.05) is 32.4 Å². The van der Waals surface area contributed by atoms with Gasteiger partial charge in [-0.3, -0.25) is 4.98 Å². The Morgan fingerprint density at radius 2 is 1.79 bits per heavy atom. The zero-order chi connectivity index (χ0) is 14.2. The van der Waals surface area contributed by atoms with E-state index < -0.39 is 0 Å². The Bertz CT molecular complexity index is 615. The number of aryl methyl sites for hydroxylation is 1. The van der Waals surface area contributed by atoms with Gasteiger partial charge in [0.25, 0.3) is 0 Å². The number of hydrogen-bond acceptors (Lipinski definition) is 3. The molecule has 0 aliphatic rings. The molecule has 0 bridgehead atoms. The Balaban J connectivity index is 2.70. The molecule has 19 heavy (non-hydrogen) atoms. The summed E-state index contributed by atoms with van der Waals surface area (Å²) in [6.45, 7) is 10.2. The second-order valence-electron chi connectivity index (χ2n) is 5.75. The van der Waals surface area contributed by atoms with Crippen LogP contribution in [0.15, 0.2) is 18.5 Å². The maximum atomic E-state index is 6.26. The number of pyridine rings is 1. The number of nitrogens with zero attached hydrogens (tertiary/aromatic N) is 3. The molecule has 0 spiro atoms. The van der Waals surface area contributed by atoms with Crippen molar-refractivity contribution in [2.75, 3.05) is 0 Å². The van der Waals surface area contributed by atoms with Crippen molar-refractivity contribution in [3.63, 3.8) is 0 Å². The van der Waals surface area contributed by atoms with E-state index in [2.05, 4.69) is 30.7 Å². The van der Waals surface area contributed by atoms with Crippen LogP contribution in [0.1, 0.15) is 37.7 Å². The molecule has 2 aromatic heterocycles. The topological polar surface area (TPSA) is 38.7 Å². The average molecular weight is 276 g/mol. The summed E-state index contributed by atoms with van der Waals surface area (Å²) in [4.78, 5) is 13.3. The minimum Gasteiger partial charge on any atom is -0.264 e. The summed E-state index contributed by atoms with van der Waals surface area (Å²) < 4.78 is 0. The van der Waals surface area contributed by atoms with Crippen LogP contribution in [0.3, 0.4) is 0 Å². The normalized spacial score (nSPS) is 11.7. The molecule has 0 unspecified atom stereocenters. The minimum atomic E-state index is -0.137. The summed E-state index contributed by atoms with van der Waals surface area (Å²) in [7, 11) is 0. The third-order valence-corrected chi connectivity index (χ3v) is 3.42. The zero-order valence-corrected chi connectivity index (χ0v) is 12.7. The van der Waals surface area contributed by atoms with Crippen LogP contribution in [0.4, 0.5) is 0 Å². The van der Waals surface area contributed by atoms with E-state index in [-0.39, 0.29) is 5.41 Å². The highest BCUT2D eigenvalue weighted by atomic mass is 35.5. The molecule has 0 atom stereocenters. The Morgan fingerprint density at radius 1 is 1.11 bits per heavy atom. The van der Waals surface area contributed by atoms with E-state index in [0.717, 1.165) is 28.2 Å². The van der Waals surface area contributed by atoms with Gasteiger partial charge in [0.2, 0.25) is 0 Å². The van der Waals surface area contributed by atoms with Gasteiger partial charge in [0, 0.05) is 28.9 Å². The van der Waals surface area contributed by atoms with E-state index in [0.29, 0.717) is 5.15 Å². The lowest BCUT2D eigenvalue weighted by Crippen LogP contribution is -2.17. The molecule has 4 heteroatoms. The van der Waals surface area contributed by atoms with Crippen molar-refractivity contribution in [1.82, 2.24) is 15.0 Å². The van der Waals surface area contributed by atoms with E-state index in [1.54, 1.807) is 6.20 Å². The maximum absolute atomic E-state index is 6.26. The predicted molar refractivity (Wildman–Crippen MR) is 78.4 cm³/mol. The van der Waals surface area contributed by atoms with Crippen molar-refractivity contribution in [3.05, 3.63) is 40.6 Å². The summed E-state index contributed by atoms with van der Waals surface area (Å²) in [5, 5.41) is 0.512. The van der Waals surface area contributed by atoms with Crippen LogP contribution in [0.5, 0.6) is 0 Å². The molecule has 0 aliphatic heterocycles. The van der Waals surface area contributed by atoms with Gasteiger partial charge in [-0.2, -0.15) is 0 Å². The Hall–Kier alpha value is -1.48. The fraction of sp³-hybridized carbons (Fsp3) is 0.400. The first-order valence-electron chi connectivity index (χ1n) is 6.26. The quantitative estimate of drug-likeness (QED) is 0.735.